The fourth-order valence-electron chi connectivity index (χ4n) is 2.50. The first-order valence-corrected chi connectivity index (χ1v) is 8.95. The van der Waals surface area contributed by atoms with Crippen molar-refractivity contribution >= 4 is 17.5 Å². The molecule has 0 saturated carbocycles. The fraction of sp³-hybridized carbons (Fsp3) is 0.158. The number of halogens is 1. The molecular weight excluding hydrogens is 357 g/mol. The molecule has 0 saturated heterocycles. The zero-order valence-electron chi connectivity index (χ0n) is 13.6. The van der Waals surface area contributed by atoms with E-state index in [-0.39, 0.29) is 17.4 Å². The Morgan fingerprint density at radius 3 is 2.65 bits per heavy atom. The van der Waals surface area contributed by atoms with E-state index in [1.54, 1.807) is 36.5 Å². The van der Waals surface area contributed by atoms with Gasteiger partial charge in [-0.3, -0.25) is 4.79 Å². The first kappa shape index (κ1) is 16.7. The van der Waals surface area contributed by atoms with Gasteiger partial charge >= 0.3 is 0 Å². The standard InChI is InChI=1S/C19H14FNO4S/c20-14-4-1-12(2-5-14)18-10-21-19(25-18)26-11-15(22)13-3-6-16-17(9-13)24-8-7-23-16/h1-6,9-10H,7-8,11H2. The van der Waals surface area contributed by atoms with Gasteiger partial charge in [0.1, 0.15) is 19.0 Å². The van der Waals surface area contributed by atoms with Gasteiger partial charge < -0.3 is 13.9 Å². The zero-order valence-corrected chi connectivity index (χ0v) is 14.4. The van der Waals surface area contributed by atoms with E-state index in [1.165, 1.54) is 23.9 Å². The molecule has 0 spiro atoms. The summed E-state index contributed by atoms with van der Waals surface area (Å²) in [5, 5.41) is 0.384. The maximum atomic E-state index is 13.0. The Morgan fingerprint density at radius 1 is 1.08 bits per heavy atom. The number of oxazole rings is 1. The van der Waals surface area contributed by atoms with E-state index in [9.17, 15) is 9.18 Å². The van der Waals surface area contributed by atoms with Crippen LogP contribution in [0.3, 0.4) is 0 Å². The van der Waals surface area contributed by atoms with Crippen LogP contribution in [0.4, 0.5) is 4.39 Å². The molecule has 26 heavy (non-hydrogen) atoms. The van der Waals surface area contributed by atoms with Crippen molar-refractivity contribution in [3.05, 3.63) is 60.0 Å². The molecule has 0 bridgehead atoms. The smallest absolute Gasteiger partial charge is 0.256 e. The van der Waals surface area contributed by atoms with Gasteiger partial charge in [-0.05, 0) is 42.5 Å². The average molecular weight is 371 g/mol. The van der Waals surface area contributed by atoms with Crippen LogP contribution in [-0.2, 0) is 0 Å². The Morgan fingerprint density at radius 2 is 1.85 bits per heavy atom. The molecule has 1 aromatic heterocycles. The maximum Gasteiger partial charge on any atom is 0.256 e. The molecule has 0 radical (unpaired) electrons. The van der Waals surface area contributed by atoms with Gasteiger partial charge in [0.2, 0.25) is 0 Å². The number of benzene rings is 2. The average Bonchev–Trinajstić information content (AvgIpc) is 3.15. The molecule has 2 heterocycles. The van der Waals surface area contributed by atoms with E-state index in [4.69, 9.17) is 13.9 Å². The molecule has 0 amide bonds. The van der Waals surface area contributed by atoms with Gasteiger partial charge in [-0.2, -0.15) is 0 Å². The number of aromatic nitrogens is 1. The topological polar surface area (TPSA) is 61.6 Å². The number of carbonyl (C=O) groups is 1. The van der Waals surface area contributed by atoms with Crippen LogP contribution in [0.2, 0.25) is 0 Å². The molecule has 1 aliphatic heterocycles. The number of Topliss-reactive ketones (excluding diaryl/α,β-unsaturated/α-hetero) is 1. The molecular formula is C19H14FNO4S. The minimum Gasteiger partial charge on any atom is -0.486 e. The van der Waals surface area contributed by atoms with E-state index in [2.05, 4.69) is 4.98 Å². The van der Waals surface area contributed by atoms with Crippen molar-refractivity contribution in [3.63, 3.8) is 0 Å². The summed E-state index contributed by atoms with van der Waals surface area (Å²) in [5.41, 5.74) is 1.27. The van der Waals surface area contributed by atoms with Crippen molar-refractivity contribution in [1.82, 2.24) is 4.98 Å². The number of hydrogen-bond donors (Lipinski definition) is 0. The van der Waals surface area contributed by atoms with Gasteiger partial charge in [-0.1, -0.05) is 11.8 Å². The Bertz CT molecular complexity index is 939. The number of rotatable bonds is 5. The second-order valence-corrected chi connectivity index (χ2v) is 6.49. The fourth-order valence-corrected chi connectivity index (χ4v) is 3.20. The van der Waals surface area contributed by atoms with Crippen molar-refractivity contribution in [2.45, 2.75) is 5.22 Å². The van der Waals surface area contributed by atoms with Crippen molar-refractivity contribution in [3.8, 4) is 22.8 Å². The Kier molecular flexibility index (Phi) is 4.62. The predicted molar refractivity (Wildman–Crippen MR) is 94.4 cm³/mol. The van der Waals surface area contributed by atoms with Crippen LogP contribution in [0, 0.1) is 5.82 Å². The first-order chi connectivity index (χ1) is 12.7. The van der Waals surface area contributed by atoms with Gasteiger partial charge in [0.25, 0.3) is 5.22 Å². The summed E-state index contributed by atoms with van der Waals surface area (Å²) < 4.78 is 29.5. The molecule has 0 N–H and O–H groups in total. The van der Waals surface area contributed by atoms with Crippen LogP contribution >= 0.6 is 11.8 Å². The monoisotopic (exact) mass is 371 g/mol. The van der Waals surface area contributed by atoms with Crippen LogP contribution < -0.4 is 9.47 Å². The lowest BCUT2D eigenvalue weighted by molar-refractivity contribution is 0.102. The summed E-state index contributed by atoms with van der Waals surface area (Å²) in [6.45, 7) is 0.985. The highest BCUT2D eigenvalue weighted by Gasteiger charge is 2.16. The number of nitrogens with zero attached hydrogens (tertiary/aromatic N) is 1. The predicted octanol–water partition coefficient (Wildman–Crippen LogP) is 4.23. The van der Waals surface area contributed by atoms with Crippen molar-refractivity contribution in [2.24, 2.45) is 0 Å². The summed E-state index contributed by atoms with van der Waals surface area (Å²) in [6, 6.07) is 11.1. The summed E-state index contributed by atoms with van der Waals surface area (Å²) in [7, 11) is 0. The molecule has 0 aliphatic carbocycles. The molecule has 7 heteroatoms. The zero-order chi connectivity index (χ0) is 17.9. The van der Waals surface area contributed by atoms with Gasteiger partial charge in [0.15, 0.2) is 23.0 Å². The van der Waals surface area contributed by atoms with Gasteiger partial charge in [0.05, 0.1) is 11.9 Å². The molecule has 0 atom stereocenters. The highest BCUT2D eigenvalue weighted by Crippen LogP contribution is 2.32. The number of ether oxygens (including phenoxy) is 2. The van der Waals surface area contributed by atoms with E-state index >= 15 is 0 Å². The van der Waals surface area contributed by atoms with E-state index in [0.29, 0.717) is 41.3 Å². The van der Waals surface area contributed by atoms with Gasteiger partial charge in [0, 0.05) is 11.1 Å². The molecule has 5 nitrogen and oxygen atoms in total. The summed E-state index contributed by atoms with van der Waals surface area (Å²) >= 11 is 1.21. The van der Waals surface area contributed by atoms with Crippen LogP contribution in [0.15, 0.2) is 58.3 Å². The number of ketones is 1. The Hall–Kier alpha value is -2.80. The second kappa shape index (κ2) is 7.21. The third kappa shape index (κ3) is 3.57. The molecule has 0 fully saturated rings. The van der Waals surface area contributed by atoms with Gasteiger partial charge in [-0.15, -0.1) is 0 Å². The SMILES string of the molecule is O=C(CSc1ncc(-c2ccc(F)cc2)o1)c1ccc2c(c1)OCCO2. The third-order valence-electron chi connectivity index (χ3n) is 3.80. The maximum absolute atomic E-state index is 13.0. The van der Waals surface area contributed by atoms with E-state index in [1.807, 2.05) is 0 Å². The summed E-state index contributed by atoms with van der Waals surface area (Å²) in [6.07, 6.45) is 1.56. The number of fused-ring (bicyclic) bond motifs is 1. The summed E-state index contributed by atoms with van der Waals surface area (Å²) in [5.74, 6) is 1.57. The van der Waals surface area contributed by atoms with Gasteiger partial charge in [-0.25, -0.2) is 9.37 Å². The summed E-state index contributed by atoms with van der Waals surface area (Å²) in [4.78, 5) is 16.5. The highest BCUT2D eigenvalue weighted by molar-refractivity contribution is 7.99. The normalized spacial score (nSPS) is 12.8. The first-order valence-electron chi connectivity index (χ1n) is 7.96. The lowest BCUT2D eigenvalue weighted by Gasteiger charge is -2.18. The molecule has 132 valence electrons. The quantitative estimate of drug-likeness (QED) is 0.494. The Labute approximate surface area is 153 Å². The second-order valence-electron chi connectivity index (χ2n) is 5.57. The molecule has 1 aliphatic rings. The lowest BCUT2D eigenvalue weighted by Crippen LogP contribution is -2.16. The van der Waals surface area contributed by atoms with E-state index in [0.717, 1.165) is 5.56 Å². The molecule has 3 aromatic rings. The van der Waals surface area contributed by atoms with Crippen LogP contribution in [0.25, 0.3) is 11.3 Å². The van der Waals surface area contributed by atoms with Crippen LogP contribution in [0.5, 0.6) is 11.5 Å². The lowest BCUT2D eigenvalue weighted by atomic mass is 10.1. The largest absolute Gasteiger partial charge is 0.486 e. The third-order valence-corrected chi connectivity index (χ3v) is 4.65. The van der Waals surface area contributed by atoms with Crippen molar-refractivity contribution in [2.75, 3.05) is 19.0 Å². The van der Waals surface area contributed by atoms with Crippen molar-refractivity contribution < 1.29 is 23.1 Å². The van der Waals surface area contributed by atoms with Crippen LogP contribution in [-0.4, -0.2) is 29.7 Å². The number of thioether (sulfide) groups is 1. The number of carbonyl (C=O) groups excluding carboxylic acids is 1. The number of hydrogen-bond acceptors (Lipinski definition) is 6. The van der Waals surface area contributed by atoms with Crippen LogP contribution in [0.1, 0.15) is 10.4 Å². The molecule has 2 aromatic carbocycles. The highest BCUT2D eigenvalue weighted by atomic mass is 32.2. The molecule has 4 rings (SSSR count). The molecule has 0 unspecified atom stereocenters. The minimum atomic E-state index is -0.312. The minimum absolute atomic E-state index is 0.0616. The Balaban J connectivity index is 1.41. The van der Waals surface area contributed by atoms with Crippen molar-refractivity contribution in [1.29, 1.82) is 0 Å². The van der Waals surface area contributed by atoms with E-state index < -0.39 is 0 Å².